The Labute approximate surface area is 450 Å². The molecule has 0 bridgehead atoms. The van der Waals surface area contributed by atoms with Crippen LogP contribution in [0.3, 0.4) is 0 Å². The van der Waals surface area contributed by atoms with Gasteiger partial charge in [0.2, 0.25) is 0 Å². The SMILES string of the molecule is CCCCCCCCCCCCCCCCCCCCCC(=O)OC[C@@H](COC(=O)CCCCCCCCCCCCCCCC(C)C)OC(=O)CCCCCCCCCCCCCCCCCCC(C)C. The first-order valence-electron chi connectivity index (χ1n) is 32.7. The van der Waals surface area contributed by atoms with Gasteiger partial charge in [-0.1, -0.05) is 336 Å². The Hall–Kier alpha value is -1.59. The molecule has 0 amide bonds. The standard InChI is InChI=1S/C66H128O6/c1-6-7-8-9-10-11-12-13-14-15-16-17-21-26-31-36-41-46-51-56-64(67)70-59-63(60-71-65(68)57-52-47-42-37-32-28-23-25-30-35-40-45-50-55-62(4)5)72-66(69)58-53-48-43-38-33-27-22-19-18-20-24-29-34-39-44-49-54-61(2)3/h61-63H,6-60H2,1-5H3/t63-/m0/s1. The van der Waals surface area contributed by atoms with Crippen molar-refractivity contribution in [2.75, 3.05) is 13.2 Å². The summed E-state index contributed by atoms with van der Waals surface area (Å²) in [5, 5.41) is 0. The van der Waals surface area contributed by atoms with Gasteiger partial charge in [0, 0.05) is 19.3 Å². The average molecular weight is 1020 g/mol. The van der Waals surface area contributed by atoms with E-state index in [0.29, 0.717) is 19.3 Å². The van der Waals surface area contributed by atoms with Gasteiger partial charge in [-0.2, -0.15) is 0 Å². The molecule has 1 atom stereocenters. The molecule has 0 N–H and O–H groups in total. The van der Waals surface area contributed by atoms with Gasteiger partial charge in [-0.05, 0) is 31.1 Å². The molecule has 0 aromatic carbocycles. The van der Waals surface area contributed by atoms with Crippen LogP contribution in [-0.2, 0) is 28.6 Å². The van der Waals surface area contributed by atoms with E-state index in [2.05, 4.69) is 34.6 Å². The van der Waals surface area contributed by atoms with E-state index in [1.54, 1.807) is 0 Å². The van der Waals surface area contributed by atoms with Crippen LogP contribution in [0.1, 0.15) is 375 Å². The quantitative estimate of drug-likeness (QED) is 0.0343. The molecule has 0 radical (unpaired) electrons. The topological polar surface area (TPSA) is 78.9 Å². The summed E-state index contributed by atoms with van der Waals surface area (Å²) in [5.41, 5.74) is 0. The van der Waals surface area contributed by atoms with E-state index in [1.165, 1.54) is 263 Å². The van der Waals surface area contributed by atoms with Crippen LogP contribution in [0.25, 0.3) is 0 Å². The fourth-order valence-electron chi connectivity index (χ4n) is 10.3. The third-order valence-corrected chi connectivity index (χ3v) is 15.2. The van der Waals surface area contributed by atoms with Gasteiger partial charge in [0.15, 0.2) is 6.10 Å². The van der Waals surface area contributed by atoms with Crippen LogP contribution in [0.4, 0.5) is 0 Å². The van der Waals surface area contributed by atoms with Crippen molar-refractivity contribution in [1.29, 1.82) is 0 Å². The molecule has 0 saturated carbocycles. The lowest BCUT2D eigenvalue weighted by molar-refractivity contribution is -0.167. The van der Waals surface area contributed by atoms with Gasteiger partial charge < -0.3 is 14.2 Å². The van der Waals surface area contributed by atoms with E-state index in [4.69, 9.17) is 14.2 Å². The highest BCUT2D eigenvalue weighted by molar-refractivity contribution is 5.71. The first-order valence-corrected chi connectivity index (χ1v) is 32.7. The smallest absolute Gasteiger partial charge is 0.306 e. The zero-order valence-electron chi connectivity index (χ0n) is 49.6. The maximum Gasteiger partial charge on any atom is 0.306 e. The highest BCUT2D eigenvalue weighted by Crippen LogP contribution is 2.19. The van der Waals surface area contributed by atoms with E-state index < -0.39 is 6.10 Å². The second kappa shape index (κ2) is 58.7. The maximum atomic E-state index is 12.9. The first kappa shape index (κ1) is 70.4. The predicted octanol–water partition coefficient (Wildman–Crippen LogP) is 22.0. The number of rotatable bonds is 60. The lowest BCUT2D eigenvalue weighted by Crippen LogP contribution is -2.30. The number of carbonyl (C=O) groups is 3. The molecular weight excluding hydrogens is 889 g/mol. The van der Waals surface area contributed by atoms with Crippen LogP contribution in [0.5, 0.6) is 0 Å². The van der Waals surface area contributed by atoms with Gasteiger partial charge in [0.25, 0.3) is 0 Å². The van der Waals surface area contributed by atoms with Crippen LogP contribution in [-0.4, -0.2) is 37.2 Å². The van der Waals surface area contributed by atoms with Gasteiger partial charge >= 0.3 is 17.9 Å². The van der Waals surface area contributed by atoms with Gasteiger partial charge in [0.05, 0.1) is 0 Å². The van der Waals surface area contributed by atoms with Gasteiger partial charge in [-0.25, -0.2) is 0 Å². The molecule has 0 aromatic rings. The van der Waals surface area contributed by atoms with Crippen LogP contribution in [0, 0.1) is 11.8 Å². The fourth-order valence-corrected chi connectivity index (χ4v) is 10.3. The van der Waals surface area contributed by atoms with Crippen molar-refractivity contribution in [2.45, 2.75) is 381 Å². The molecule has 0 fully saturated rings. The molecule has 0 aromatic heterocycles. The van der Waals surface area contributed by atoms with Crippen LogP contribution in [0.15, 0.2) is 0 Å². The van der Waals surface area contributed by atoms with E-state index in [1.807, 2.05) is 0 Å². The normalized spacial score (nSPS) is 12.0. The Balaban J connectivity index is 4.28. The number of ether oxygens (including phenoxy) is 3. The molecule has 0 saturated heterocycles. The lowest BCUT2D eigenvalue weighted by atomic mass is 10.0. The van der Waals surface area contributed by atoms with Crippen molar-refractivity contribution < 1.29 is 28.6 Å². The predicted molar refractivity (Wildman–Crippen MR) is 312 cm³/mol. The summed E-state index contributed by atoms with van der Waals surface area (Å²) in [5.74, 6) is 0.862. The molecule has 0 rings (SSSR count). The number of hydrogen-bond donors (Lipinski definition) is 0. The summed E-state index contributed by atoms with van der Waals surface area (Å²) < 4.78 is 17.0. The molecule has 0 unspecified atom stereocenters. The molecule has 6 nitrogen and oxygen atoms in total. The van der Waals surface area contributed by atoms with Gasteiger partial charge in [-0.15, -0.1) is 0 Å². The minimum atomic E-state index is -0.764. The number of hydrogen-bond acceptors (Lipinski definition) is 6. The Kier molecular flexibility index (Phi) is 57.4. The van der Waals surface area contributed by atoms with E-state index in [0.717, 1.165) is 69.6 Å². The van der Waals surface area contributed by atoms with Crippen molar-refractivity contribution in [3.63, 3.8) is 0 Å². The summed E-state index contributed by atoms with van der Waals surface area (Å²) in [4.78, 5) is 38.3. The summed E-state index contributed by atoms with van der Waals surface area (Å²) in [6.07, 6.45) is 65.3. The van der Waals surface area contributed by atoms with Gasteiger partial charge in [-0.3, -0.25) is 14.4 Å². The second-order valence-electron chi connectivity index (χ2n) is 23.7. The minimum absolute atomic E-state index is 0.0617. The van der Waals surface area contributed by atoms with E-state index in [-0.39, 0.29) is 31.1 Å². The Morgan fingerprint density at radius 2 is 0.458 bits per heavy atom. The van der Waals surface area contributed by atoms with Crippen molar-refractivity contribution in [3.05, 3.63) is 0 Å². The molecule has 0 aliphatic rings. The summed E-state index contributed by atoms with van der Waals surface area (Å²) >= 11 is 0. The molecule has 428 valence electrons. The van der Waals surface area contributed by atoms with Crippen molar-refractivity contribution in [1.82, 2.24) is 0 Å². The average Bonchev–Trinajstić information content (AvgIpc) is 3.36. The van der Waals surface area contributed by atoms with E-state index >= 15 is 0 Å². The summed E-state index contributed by atoms with van der Waals surface area (Å²) in [6.45, 7) is 11.5. The van der Waals surface area contributed by atoms with Crippen molar-refractivity contribution in [3.8, 4) is 0 Å². The zero-order valence-corrected chi connectivity index (χ0v) is 49.6. The fraction of sp³-hybridized carbons (Fsp3) is 0.955. The van der Waals surface area contributed by atoms with E-state index in [9.17, 15) is 14.4 Å². The zero-order chi connectivity index (χ0) is 52.5. The lowest BCUT2D eigenvalue weighted by Gasteiger charge is -2.18. The molecule has 0 heterocycles. The minimum Gasteiger partial charge on any atom is -0.462 e. The summed E-state index contributed by atoms with van der Waals surface area (Å²) in [6, 6.07) is 0. The Bertz CT molecular complexity index is 1100. The Morgan fingerprint density at radius 3 is 0.681 bits per heavy atom. The first-order chi connectivity index (χ1) is 35.2. The second-order valence-corrected chi connectivity index (χ2v) is 23.7. The van der Waals surface area contributed by atoms with Crippen LogP contribution in [0.2, 0.25) is 0 Å². The van der Waals surface area contributed by atoms with Crippen LogP contribution < -0.4 is 0 Å². The third-order valence-electron chi connectivity index (χ3n) is 15.2. The number of esters is 3. The molecule has 72 heavy (non-hydrogen) atoms. The largest absolute Gasteiger partial charge is 0.462 e. The molecule has 0 aliphatic carbocycles. The maximum absolute atomic E-state index is 12.9. The Morgan fingerprint density at radius 1 is 0.264 bits per heavy atom. The van der Waals surface area contributed by atoms with Gasteiger partial charge in [0.1, 0.15) is 13.2 Å². The van der Waals surface area contributed by atoms with Crippen LogP contribution >= 0.6 is 0 Å². The van der Waals surface area contributed by atoms with Crippen molar-refractivity contribution in [2.24, 2.45) is 11.8 Å². The number of carbonyl (C=O) groups excluding carboxylic acids is 3. The molecule has 0 spiro atoms. The monoisotopic (exact) mass is 1020 g/mol. The summed E-state index contributed by atoms with van der Waals surface area (Å²) in [7, 11) is 0. The molecule has 6 heteroatoms. The number of unbranched alkanes of at least 4 members (excludes halogenated alkanes) is 45. The highest BCUT2D eigenvalue weighted by atomic mass is 16.6. The molecule has 0 aliphatic heterocycles. The van der Waals surface area contributed by atoms with Crippen molar-refractivity contribution >= 4 is 17.9 Å². The highest BCUT2D eigenvalue weighted by Gasteiger charge is 2.19. The third kappa shape index (κ3) is 59.3. The molecular formula is C66H128O6.